The van der Waals surface area contributed by atoms with E-state index in [9.17, 15) is 4.79 Å². The molecule has 0 radical (unpaired) electrons. The average molecular weight is 320 g/mol. The van der Waals surface area contributed by atoms with Gasteiger partial charge in [0.2, 0.25) is 5.91 Å². The molecule has 2 nitrogen and oxygen atoms in total. The molecule has 21 heavy (non-hydrogen) atoms. The van der Waals surface area contributed by atoms with Crippen molar-refractivity contribution in [3.63, 3.8) is 0 Å². The number of hydrogen-bond acceptors (Lipinski definition) is 1. The molecular weight excluding hydrogens is 305 g/mol. The summed E-state index contributed by atoms with van der Waals surface area (Å²) in [5.41, 5.74) is 2.20. The van der Waals surface area contributed by atoms with E-state index >= 15 is 0 Å². The Morgan fingerprint density at radius 1 is 1.10 bits per heavy atom. The van der Waals surface area contributed by atoms with Gasteiger partial charge in [-0.3, -0.25) is 4.79 Å². The van der Waals surface area contributed by atoms with Gasteiger partial charge in [-0.05, 0) is 35.6 Å². The summed E-state index contributed by atoms with van der Waals surface area (Å²) in [5, 5.41) is 4.00. The molecule has 4 heteroatoms. The SMILES string of the molecule is O=C(NCc1ccc(Cl)c(Cl)c1)[C@@H]1C[C@@H]1c1ccccc1. The van der Waals surface area contributed by atoms with Gasteiger partial charge in [-0.25, -0.2) is 0 Å². The molecule has 0 bridgehead atoms. The normalized spacial score (nSPS) is 20.1. The van der Waals surface area contributed by atoms with Crippen LogP contribution in [0.1, 0.15) is 23.5 Å². The fraction of sp³-hybridized carbons (Fsp3) is 0.235. The fourth-order valence-electron chi connectivity index (χ4n) is 2.52. The molecule has 2 aromatic rings. The molecule has 108 valence electrons. The molecule has 2 aromatic carbocycles. The second-order valence-electron chi connectivity index (χ2n) is 5.33. The maximum absolute atomic E-state index is 12.1. The van der Waals surface area contributed by atoms with E-state index in [0.717, 1.165) is 12.0 Å². The van der Waals surface area contributed by atoms with Crippen LogP contribution in [0.15, 0.2) is 48.5 Å². The second kappa shape index (κ2) is 6.08. The minimum atomic E-state index is 0.0928. The van der Waals surface area contributed by atoms with Crippen LogP contribution >= 0.6 is 23.2 Å². The van der Waals surface area contributed by atoms with Crippen molar-refractivity contribution in [3.8, 4) is 0 Å². The van der Waals surface area contributed by atoms with Gasteiger partial charge in [0.05, 0.1) is 10.0 Å². The Morgan fingerprint density at radius 3 is 2.57 bits per heavy atom. The number of amides is 1. The van der Waals surface area contributed by atoms with E-state index in [2.05, 4.69) is 17.4 Å². The van der Waals surface area contributed by atoms with Crippen molar-refractivity contribution in [3.05, 3.63) is 69.7 Å². The Hall–Kier alpha value is -1.51. The van der Waals surface area contributed by atoms with Crippen molar-refractivity contribution < 1.29 is 4.79 Å². The molecule has 1 amide bonds. The van der Waals surface area contributed by atoms with Crippen LogP contribution in [0.2, 0.25) is 10.0 Å². The molecule has 0 unspecified atom stereocenters. The Labute approximate surface area is 134 Å². The Morgan fingerprint density at radius 2 is 1.86 bits per heavy atom. The van der Waals surface area contributed by atoms with E-state index in [-0.39, 0.29) is 11.8 Å². The summed E-state index contributed by atoms with van der Waals surface area (Å²) in [6.07, 6.45) is 0.928. The molecule has 1 saturated carbocycles. The molecule has 1 fully saturated rings. The average Bonchev–Trinajstić information content (AvgIpc) is 3.30. The highest BCUT2D eigenvalue weighted by Gasteiger charge is 2.43. The lowest BCUT2D eigenvalue weighted by molar-refractivity contribution is -0.122. The lowest BCUT2D eigenvalue weighted by atomic mass is 10.1. The third kappa shape index (κ3) is 3.39. The zero-order chi connectivity index (χ0) is 14.8. The largest absolute Gasteiger partial charge is 0.352 e. The van der Waals surface area contributed by atoms with Crippen molar-refractivity contribution in [2.24, 2.45) is 5.92 Å². The maximum Gasteiger partial charge on any atom is 0.224 e. The van der Waals surface area contributed by atoms with Gasteiger partial charge in [-0.15, -0.1) is 0 Å². The highest BCUT2D eigenvalue weighted by molar-refractivity contribution is 6.42. The monoisotopic (exact) mass is 319 g/mol. The van der Waals surface area contributed by atoms with Gasteiger partial charge in [-0.2, -0.15) is 0 Å². The van der Waals surface area contributed by atoms with E-state index in [4.69, 9.17) is 23.2 Å². The summed E-state index contributed by atoms with van der Waals surface area (Å²) in [6.45, 7) is 0.480. The first-order chi connectivity index (χ1) is 10.1. The van der Waals surface area contributed by atoms with Crippen LogP contribution in [0.3, 0.4) is 0 Å². The standard InChI is InChI=1S/C17H15Cl2NO/c18-15-7-6-11(8-16(15)19)10-20-17(21)14-9-13(14)12-4-2-1-3-5-12/h1-8,13-14H,9-10H2,(H,20,21)/t13-,14-/m1/s1. The maximum atomic E-state index is 12.1. The first-order valence-corrected chi connectivity index (χ1v) is 7.67. The van der Waals surface area contributed by atoms with E-state index < -0.39 is 0 Å². The summed E-state index contributed by atoms with van der Waals surface area (Å²) < 4.78 is 0. The van der Waals surface area contributed by atoms with Crippen LogP contribution in [0.5, 0.6) is 0 Å². The lowest BCUT2D eigenvalue weighted by Gasteiger charge is -2.06. The van der Waals surface area contributed by atoms with Crippen molar-refractivity contribution in [1.29, 1.82) is 0 Å². The van der Waals surface area contributed by atoms with Gasteiger partial charge in [0.15, 0.2) is 0 Å². The van der Waals surface area contributed by atoms with Gasteiger partial charge in [-0.1, -0.05) is 59.6 Å². The van der Waals surface area contributed by atoms with Crippen LogP contribution in [0, 0.1) is 5.92 Å². The molecule has 2 atom stereocenters. The number of benzene rings is 2. The summed E-state index contributed by atoms with van der Waals surface area (Å²) in [6, 6.07) is 15.6. The number of carbonyl (C=O) groups excluding carboxylic acids is 1. The third-order valence-electron chi connectivity index (χ3n) is 3.81. The predicted molar refractivity (Wildman–Crippen MR) is 85.6 cm³/mol. The molecular formula is C17H15Cl2NO. The number of nitrogens with one attached hydrogen (secondary N) is 1. The summed E-state index contributed by atoms with van der Waals surface area (Å²) >= 11 is 11.8. The zero-order valence-electron chi connectivity index (χ0n) is 11.4. The Kier molecular flexibility index (Phi) is 4.18. The first kappa shape index (κ1) is 14.4. The molecule has 0 spiro atoms. The summed E-state index contributed by atoms with van der Waals surface area (Å²) in [5.74, 6) is 0.560. The Balaban J connectivity index is 1.55. The quantitative estimate of drug-likeness (QED) is 0.888. The highest BCUT2D eigenvalue weighted by atomic mass is 35.5. The summed E-state index contributed by atoms with van der Waals surface area (Å²) in [7, 11) is 0. The predicted octanol–water partition coefficient (Wildman–Crippen LogP) is 4.41. The fourth-order valence-corrected chi connectivity index (χ4v) is 2.84. The Bertz CT molecular complexity index is 657. The third-order valence-corrected chi connectivity index (χ3v) is 4.54. The number of halogens is 2. The van der Waals surface area contributed by atoms with Crippen molar-refractivity contribution in [2.45, 2.75) is 18.9 Å². The zero-order valence-corrected chi connectivity index (χ0v) is 12.9. The van der Waals surface area contributed by atoms with Gasteiger partial charge in [0.1, 0.15) is 0 Å². The van der Waals surface area contributed by atoms with Crippen LogP contribution in [-0.4, -0.2) is 5.91 Å². The second-order valence-corrected chi connectivity index (χ2v) is 6.14. The van der Waals surface area contributed by atoms with Gasteiger partial charge in [0, 0.05) is 12.5 Å². The molecule has 3 rings (SSSR count). The van der Waals surface area contributed by atoms with Crippen LogP contribution in [0.4, 0.5) is 0 Å². The molecule has 0 aromatic heterocycles. The molecule has 0 aliphatic heterocycles. The van der Waals surface area contributed by atoms with E-state index in [1.54, 1.807) is 12.1 Å². The molecule has 1 N–H and O–H groups in total. The van der Waals surface area contributed by atoms with E-state index in [1.165, 1.54) is 5.56 Å². The first-order valence-electron chi connectivity index (χ1n) is 6.92. The topological polar surface area (TPSA) is 29.1 Å². The number of rotatable bonds is 4. The molecule has 0 heterocycles. The minimum Gasteiger partial charge on any atom is -0.352 e. The van der Waals surface area contributed by atoms with Crippen molar-refractivity contribution >= 4 is 29.1 Å². The molecule has 1 aliphatic rings. The molecule has 0 saturated heterocycles. The van der Waals surface area contributed by atoms with Crippen LogP contribution < -0.4 is 5.32 Å². The van der Waals surface area contributed by atoms with E-state index in [0.29, 0.717) is 22.5 Å². The highest BCUT2D eigenvalue weighted by Crippen LogP contribution is 2.47. The van der Waals surface area contributed by atoms with Gasteiger partial charge in [0.25, 0.3) is 0 Å². The summed E-state index contributed by atoms with van der Waals surface area (Å²) in [4.78, 5) is 12.1. The van der Waals surface area contributed by atoms with E-state index in [1.807, 2.05) is 24.3 Å². The van der Waals surface area contributed by atoms with Crippen molar-refractivity contribution in [1.82, 2.24) is 5.32 Å². The van der Waals surface area contributed by atoms with Gasteiger partial charge < -0.3 is 5.32 Å². The van der Waals surface area contributed by atoms with Crippen LogP contribution in [0.25, 0.3) is 0 Å². The smallest absolute Gasteiger partial charge is 0.224 e. The molecule has 1 aliphatic carbocycles. The van der Waals surface area contributed by atoms with Crippen molar-refractivity contribution in [2.75, 3.05) is 0 Å². The minimum absolute atomic E-state index is 0.0928. The van der Waals surface area contributed by atoms with Crippen LogP contribution in [-0.2, 0) is 11.3 Å². The van der Waals surface area contributed by atoms with Gasteiger partial charge >= 0.3 is 0 Å². The lowest BCUT2D eigenvalue weighted by Crippen LogP contribution is -2.24. The number of hydrogen-bond donors (Lipinski definition) is 1. The number of carbonyl (C=O) groups is 1.